The summed E-state index contributed by atoms with van der Waals surface area (Å²) in [6.07, 6.45) is 2.90. The molecule has 3 unspecified atom stereocenters. The molecule has 2 rings (SSSR count). The molecule has 2 heteroatoms. The molecule has 0 aromatic heterocycles. The molecule has 21 heavy (non-hydrogen) atoms. The van der Waals surface area contributed by atoms with E-state index < -0.39 is 5.97 Å². The van der Waals surface area contributed by atoms with Crippen molar-refractivity contribution in [3.63, 3.8) is 0 Å². The Balaban J connectivity index is 2.16. The van der Waals surface area contributed by atoms with Gasteiger partial charge in [-0.05, 0) is 53.2 Å². The maximum atomic E-state index is 11.0. The fourth-order valence-electron chi connectivity index (χ4n) is 3.25. The van der Waals surface area contributed by atoms with E-state index in [1.165, 1.54) is 16.7 Å². The van der Waals surface area contributed by atoms with Gasteiger partial charge in [-0.2, -0.15) is 0 Å². The number of aryl methyl sites for hydroxylation is 1. The minimum atomic E-state index is -0.619. The molecule has 0 amide bonds. The second-order valence-corrected chi connectivity index (χ2v) is 7.61. The van der Waals surface area contributed by atoms with E-state index in [1.807, 2.05) is 0 Å². The molecule has 0 aliphatic heterocycles. The van der Waals surface area contributed by atoms with Gasteiger partial charge in [0.25, 0.3) is 0 Å². The molecule has 1 aromatic carbocycles. The number of hydrogen-bond acceptors (Lipinski definition) is 1. The maximum Gasteiger partial charge on any atom is 0.306 e. The number of hydrogen-bond donors (Lipinski definition) is 1. The Kier molecular flexibility index (Phi) is 4.46. The Morgan fingerprint density at radius 3 is 2.48 bits per heavy atom. The summed E-state index contributed by atoms with van der Waals surface area (Å²) in [5.41, 5.74) is 4.34. The standard InChI is InChI=1S/C19H28O2/c1-6-13-7-8-15(19(3,4)5)10-14(13)9-12(2)16-11-17(16)18(20)21/h7-8,10,12,16-17H,6,9,11H2,1-5H3,(H,20,21). The van der Waals surface area contributed by atoms with Crippen LogP contribution in [0.3, 0.4) is 0 Å². The monoisotopic (exact) mass is 288 g/mol. The number of aliphatic carboxylic acids is 1. The zero-order valence-electron chi connectivity index (χ0n) is 13.9. The highest BCUT2D eigenvalue weighted by Gasteiger charge is 2.46. The first kappa shape index (κ1) is 16.1. The van der Waals surface area contributed by atoms with E-state index in [0.717, 1.165) is 19.3 Å². The highest BCUT2D eigenvalue weighted by molar-refractivity contribution is 5.73. The van der Waals surface area contributed by atoms with Gasteiger partial charge in [0.15, 0.2) is 0 Å². The van der Waals surface area contributed by atoms with Crippen LogP contribution in [0, 0.1) is 17.8 Å². The molecule has 2 nitrogen and oxygen atoms in total. The summed E-state index contributed by atoms with van der Waals surface area (Å²) in [5, 5.41) is 9.09. The third kappa shape index (κ3) is 3.66. The molecule has 116 valence electrons. The number of carboxylic acid groups (broad SMARTS) is 1. The van der Waals surface area contributed by atoms with Crippen LogP contribution in [-0.4, -0.2) is 11.1 Å². The van der Waals surface area contributed by atoms with Crippen LogP contribution in [-0.2, 0) is 23.1 Å². The second kappa shape index (κ2) is 5.82. The van der Waals surface area contributed by atoms with Crippen LogP contribution in [0.25, 0.3) is 0 Å². The summed E-state index contributed by atoms with van der Waals surface area (Å²) in [6.45, 7) is 11.1. The predicted molar refractivity (Wildman–Crippen MR) is 86.6 cm³/mol. The van der Waals surface area contributed by atoms with E-state index in [-0.39, 0.29) is 11.3 Å². The molecule has 0 radical (unpaired) electrons. The lowest BCUT2D eigenvalue weighted by Gasteiger charge is -2.22. The lowest BCUT2D eigenvalue weighted by molar-refractivity contribution is -0.139. The molecule has 0 spiro atoms. The average Bonchev–Trinajstić information content (AvgIpc) is 3.17. The SMILES string of the molecule is CCc1ccc(C(C)(C)C)cc1CC(C)C1CC1C(=O)O. The maximum absolute atomic E-state index is 11.0. The summed E-state index contributed by atoms with van der Waals surface area (Å²) in [6, 6.07) is 6.84. The van der Waals surface area contributed by atoms with Gasteiger partial charge in [0.05, 0.1) is 5.92 Å². The molecule has 1 aromatic rings. The lowest BCUT2D eigenvalue weighted by atomic mass is 9.83. The zero-order chi connectivity index (χ0) is 15.8. The molecule has 1 aliphatic carbocycles. The summed E-state index contributed by atoms with van der Waals surface area (Å²) >= 11 is 0. The number of carboxylic acids is 1. The quantitative estimate of drug-likeness (QED) is 0.869. The minimum absolute atomic E-state index is 0.101. The van der Waals surface area contributed by atoms with Crippen molar-refractivity contribution in [1.29, 1.82) is 0 Å². The Labute approximate surface area is 128 Å². The van der Waals surface area contributed by atoms with Crippen LogP contribution in [0.5, 0.6) is 0 Å². The number of rotatable bonds is 5. The van der Waals surface area contributed by atoms with Gasteiger partial charge < -0.3 is 5.11 Å². The zero-order valence-corrected chi connectivity index (χ0v) is 13.9. The van der Waals surface area contributed by atoms with Crippen molar-refractivity contribution in [3.05, 3.63) is 34.9 Å². The highest BCUT2D eigenvalue weighted by atomic mass is 16.4. The Hall–Kier alpha value is -1.31. The molecule has 1 fully saturated rings. The van der Waals surface area contributed by atoms with Crippen molar-refractivity contribution in [3.8, 4) is 0 Å². The molecule has 1 saturated carbocycles. The molecule has 1 aliphatic rings. The van der Waals surface area contributed by atoms with Gasteiger partial charge >= 0.3 is 5.97 Å². The first-order chi connectivity index (χ1) is 9.74. The molecule has 1 N–H and O–H groups in total. The summed E-state index contributed by atoms with van der Waals surface area (Å²) in [5.74, 6) is 0.0963. The van der Waals surface area contributed by atoms with Crippen LogP contribution < -0.4 is 0 Å². The van der Waals surface area contributed by atoms with Crippen LogP contribution in [0.2, 0.25) is 0 Å². The number of carbonyl (C=O) groups is 1. The normalized spacial score (nSPS) is 22.9. The van der Waals surface area contributed by atoms with E-state index >= 15 is 0 Å². The van der Waals surface area contributed by atoms with Crippen molar-refractivity contribution in [2.45, 2.75) is 59.3 Å². The Morgan fingerprint density at radius 2 is 2.00 bits per heavy atom. The van der Waals surface area contributed by atoms with Crippen molar-refractivity contribution >= 4 is 5.97 Å². The molecule has 0 saturated heterocycles. The minimum Gasteiger partial charge on any atom is -0.481 e. The van der Waals surface area contributed by atoms with Crippen LogP contribution in [0.4, 0.5) is 0 Å². The summed E-state index contributed by atoms with van der Waals surface area (Å²) < 4.78 is 0. The first-order valence-electron chi connectivity index (χ1n) is 8.09. The predicted octanol–water partition coefficient (Wildman–Crippen LogP) is 4.45. The van der Waals surface area contributed by atoms with Crippen LogP contribution in [0.15, 0.2) is 18.2 Å². The van der Waals surface area contributed by atoms with E-state index in [2.05, 4.69) is 52.8 Å². The summed E-state index contributed by atoms with van der Waals surface area (Å²) in [7, 11) is 0. The fourth-order valence-corrected chi connectivity index (χ4v) is 3.25. The van der Waals surface area contributed by atoms with E-state index in [4.69, 9.17) is 5.11 Å². The van der Waals surface area contributed by atoms with Gasteiger partial charge in [-0.25, -0.2) is 0 Å². The van der Waals surface area contributed by atoms with E-state index in [1.54, 1.807) is 0 Å². The van der Waals surface area contributed by atoms with Gasteiger partial charge in [-0.1, -0.05) is 52.8 Å². The number of benzene rings is 1. The topological polar surface area (TPSA) is 37.3 Å². The molecular weight excluding hydrogens is 260 g/mol. The highest BCUT2D eigenvalue weighted by Crippen LogP contribution is 2.45. The third-order valence-corrected chi connectivity index (χ3v) is 4.88. The molecular formula is C19H28O2. The van der Waals surface area contributed by atoms with Gasteiger partial charge in [-0.15, -0.1) is 0 Å². The first-order valence-corrected chi connectivity index (χ1v) is 8.09. The lowest BCUT2D eigenvalue weighted by Crippen LogP contribution is -2.14. The fraction of sp³-hybridized carbons (Fsp3) is 0.632. The van der Waals surface area contributed by atoms with E-state index in [0.29, 0.717) is 11.8 Å². The Bertz CT molecular complexity index is 525. The van der Waals surface area contributed by atoms with Gasteiger partial charge in [-0.3, -0.25) is 4.79 Å². The van der Waals surface area contributed by atoms with Crippen molar-refractivity contribution in [1.82, 2.24) is 0 Å². The molecule has 0 heterocycles. The third-order valence-electron chi connectivity index (χ3n) is 4.88. The van der Waals surface area contributed by atoms with Gasteiger partial charge in [0.2, 0.25) is 0 Å². The van der Waals surface area contributed by atoms with Crippen molar-refractivity contribution < 1.29 is 9.90 Å². The van der Waals surface area contributed by atoms with Crippen molar-refractivity contribution in [2.75, 3.05) is 0 Å². The van der Waals surface area contributed by atoms with Crippen molar-refractivity contribution in [2.24, 2.45) is 17.8 Å². The largest absolute Gasteiger partial charge is 0.481 e. The average molecular weight is 288 g/mol. The van der Waals surface area contributed by atoms with Gasteiger partial charge in [0, 0.05) is 0 Å². The molecule has 0 bridgehead atoms. The second-order valence-electron chi connectivity index (χ2n) is 7.61. The van der Waals surface area contributed by atoms with E-state index in [9.17, 15) is 4.79 Å². The smallest absolute Gasteiger partial charge is 0.306 e. The Morgan fingerprint density at radius 1 is 1.33 bits per heavy atom. The van der Waals surface area contributed by atoms with Gasteiger partial charge in [0.1, 0.15) is 0 Å². The molecule has 3 atom stereocenters. The van der Waals surface area contributed by atoms with Crippen LogP contribution in [0.1, 0.15) is 57.7 Å². The summed E-state index contributed by atoms with van der Waals surface area (Å²) in [4.78, 5) is 11.0. The van der Waals surface area contributed by atoms with Crippen LogP contribution >= 0.6 is 0 Å².